The van der Waals surface area contributed by atoms with Crippen LogP contribution in [0.25, 0.3) is 0 Å². The number of phosphoric acid groups is 1. The van der Waals surface area contributed by atoms with E-state index in [0.29, 0.717) is 12.8 Å². The highest BCUT2D eigenvalue weighted by atomic mass is 31.2. The molecule has 0 aliphatic carbocycles. The van der Waals surface area contributed by atoms with Gasteiger partial charge in [-0.25, -0.2) is 4.57 Å². The van der Waals surface area contributed by atoms with Gasteiger partial charge in [0.2, 0.25) is 0 Å². The number of rotatable bonds is 39. The first-order valence-electron chi connectivity index (χ1n) is 20.9. The summed E-state index contributed by atoms with van der Waals surface area (Å²) >= 11 is 0. The number of phosphoric ester groups is 1. The Morgan fingerprint density at radius 2 is 1.00 bits per heavy atom. The van der Waals surface area contributed by atoms with Crippen molar-refractivity contribution in [1.29, 1.82) is 0 Å². The van der Waals surface area contributed by atoms with Gasteiger partial charge in [0.1, 0.15) is 12.6 Å². The number of carboxylic acids is 1. The molecule has 3 atom stereocenters. The zero-order valence-corrected chi connectivity index (χ0v) is 34.3. The first-order chi connectivity index (χ1) is 25.6. The van der Waals surface area contributed by atoms with Gasteiger partial charge in [-0.3, -0.25) is 23.4 Å². The quantitative estimate of drug-likeness (QED) is 0.0235. The highest BCUT2D eigenvalue weighted by Crippen LogP contribution is 2.43. The van der Waals surface area contributed by atoms with Gasteiger partial charge in [0, 0.05) is 12.8 Å². The minimum Gasteiger partial charge on any atom is -0.480 e. The molecule has 0 saturated carbocycles. The molecule has 0 spiro atoms. The van der Waals surface area contributed by atoms with Crippen molar-refractivity contribution in [3.8, 4) is 0 Å². The van der Waals surface area contributed by atoms with Crippen LogP contribution in [0.4, 0.5) is 0 Å². The smallest absolute Gasteiger partial charge is 0.472 e. The van der Waals surface area contributed by atoms with Crippen LogP contribution in [-0.4, -0.2) is 59.9 Å². The highest BCUT2D eigenvalue weighted by molar-refractivity contribution is 7.47. The lowest BCUT2D eigenvalue weighted by Crippen LogP contribution is -2.34. The Balaban J connectivity index is 4.43. The van der Waals surface area contributed by atoms with Crippen molar-refractivity contribution in [3.05, 3.63) is 24.3 Å². The number of carbonyl (C=O) groups is 3. The number of allylic oxidation sites excluding steroid dienone is 4. The van der Waals surface area contributed by atoms with Gasteiger partial charge < -0.3 is 25.2 Å². The standard InChI is InChI=1S/C41H76NO10P/c1-3-5-7-9-11-13-15-17-19-21-23-25-27-29-31-33-40(44)52-37(35-50-53(47,48)51-36-38(42)41(45)46)34-49-39(43)32-30-28-26-24-22-20-18-16-14-12-10-8-6-4-2/h17,19,23,25,37-38H,3-16,18,20-22,24,26-36,42H2,1-2H3,(H,45,46)(H,47,48)/b19-17+,25-23+/t37-,38+/m1/s1. The SMILES string of the molecule is CCCCCCCC/C=C/C/C=C/CCCCC(=O)O[C@H](COC(=O)CCCCCCCCCCCCCCCC)COP(=O)(O)OC[C@H](N)C(=O)O. The number of esters is 2. The van der Waals surface area contributed by atoms with Crippen molar-refractivity contribution in [2.24, 2.45) is 5.73 Å². The summed E-state index contributed by atoms with van der Waals surface area (Å²) in [6.07, 6.45) is 36.7. The van der Waals surface area contributed by atoms with Crippen molar-refractivity contribution in [1.82, 2.24) is 0 Å². The van der Waals surface area contributed by atoms with Crippen molar-refractivity contribution in [2.75, 3.05) is 19.8 Å². The zero-order valence-electron chi connectivity index (χ0n) is 33.4. The third-order valence-corrected chi connectivity index (χ3v) is 9.90. The molecule has 53 heavy (non-hydrogen) atoms. The molecule has 4 N–H and O–H groups in total. The van der Waals surface area contributed by atoms with Crippen molar-refractivity contribution >= 4 is 25.7 Å². The first-order valence-corrected chi connectivity index (χ1v) is 22.4. The van der Waals surface area contributed by atoms with Crippen molar-refractivity contribution in [2.45, 2.75) is 199 Å². The molecule has 0 rings (SSSR count). The van der Waals surface area contributed by atoms with Gasteiger partial charge in [-0.15, -0.1) is 0 Å². The normalized spacial score (nSPS) is 14.0. The predicted octanol–water partition coefficient (Wildman–Crippen LogP) is 10.7. The maximum absolute atomic E-state index is 12.6. The molecule has 1 unspecified atom stereocenters. The second-order valence-corrected chi connectivity index (χ2v) is 15.6. The molecule has 12 heteroatoms. The number of nitrogens with two attached hydrogens (primary N) is 1. The van der Waals surface area contributed by atoms with E-state index >= 15 is 0 Å². The fourth-order valence-corrected chi connectivity index (χ4v) is 6.40. The summed E-state index contributed by atoms with van der Waals surface area (Å²) in [5.41, 5.74) is 5.32. The highest BCUT2D eigenvalue weighted by Gasteiger charge is 2.28. The third kappa shape index (κ3) is 36.7. The molecule has 0 amide bonds. The number of hydrogen-bond acceptors (Lipinski definition) is 9. The van der Waals surface area contributed by atoms with Gasteiger partial charge in [0.25, 0.3) is 0 Å². The molecule has 0 saturated heterocycles. The zero-order chi connectivity index (χ0) is 39.3. The van der Waals surface area contributed by atoms with Gasteiger partial charge in [-0.05, 0) is 44.9 Å². The Hall–Kier alpha value is -2.04. The molecule has 0 aromatic rings. The van der Waals surface area contributed by atoms with E-state index in [2.05, 4.69) is 42.7 Å². The summed E-state index contributed by atoms with van der Waals surface area (Å²) in [6.45, 7) is 2.76. The van der Waals surface area contributed by atoms with Gasteiger partial charge in [-0.1, -0.05) is 154 Å². The average molecular weight is 774 g/mol. The lowest BCUT2D eigenvalue weighted by molar-refractivity contribution is -0.161. The van der Waals surface area contributed by atoms with E-state index < -0.39 is 51.1 Å². The minimum atomic E-state index is -4.72. The van der Waals surface area contributed by atoms with E-state index in [-0.39, 0.29) is 19.4 Å². The van der Waals surface area contributed by atoms with Crippen LogP contribution in [0, 0.1) is 0 Å². The number of unbranched alkanes of at least 4 members (excludes halogenated alkanes) is 21. The molecule has 0 radical (unpaired) electrons. The fraction of sp³-hybridized carbons (Fsp3) is 0.829. The molecule has 0 aliphatic rings. The number of aliphatic carboxylic acids is 1. The Morgan fingerprint density at radius 1 is 0.585 bits per heavy atom. The summed E-state index contributed by atoms with van der Waals surface area (Å²) < 4.78 is 32.6. The van der Waals surface area contributed by atoms with E-state index in [9.17, 15) is 23.8 Å². The van der Waals surface area contributed by atoms with Crippen LogP contribution in [0.3, 0.4) is 0 Å². The molecule has 0 aliphatic heterocycles. The third-order valence-electron chi connectivity index (χ3n) is 8.95. The molecule has 11 nitrogen and oxygen atoms in total. The predicted molar refractivity (Wildman–Crippen MR) is 212 cm³/mol. The summed E-state index contributed by atoms with van der Waals surface area (Å²) in [4.78, 5) is 45.8. The monoisotopic (exact) mass is 774 g/mol. The molecular formula is C41H76NO10P. The van der Waals surface area contributed by atoms with Gasteiger partial charge >= 0.3 is 25.7 Å². The molecule has 0 bridgehead atoms. The molecular weight excluding hydrogens is 697 g/mol. The second kappa shape index (κ2) is 36.9. The number of hydrogen-bond donors (Lipinski definition) is 3. The number of carbonyl (C=O) groups excluding carboxylic acids is 2. The van der Waals surface area contributed by atoms with Gasteiger partial charge in [0.05, 0.1) is 13.2 Å². The topological polar surface area (TPSA) is 172 Å². The molecule has 0 aromatic carbocycles. The van der Waals surface area contributed by atoms with Gasteiger partial charge in [0.15, 0.2) is 6.10 Å². The molecule has 0 heterocycles. The Kier molecular flexibility index (Phi) is 35.5. The lowest BCUT2D eigenvalue weighted by Gasteiger charge is -2.20. The Morgan fingerprint density at radius 3 is 1.51 bits per heavy atom. The fourth-order valence-electron chi connectivity index (χ4n) is 5.62. The molecule has 310 valence electrons. The minimum absolute atomic E-state index is 0.121. The summed E-state index contributed by atoms with van der Waals surface area (Å²) in [5.74, 6) is -2.41. The summed E-state index contributed by atoms with van der Waals surface area (Å²) in [7, 11) is -4.72. The van der Waals surface area contributed by atoms with E-state index in [1.807, 2.05) is 0 Å². The first kappa shape index (κ1) is 51.0. The van der Waals surface area contributed by atoms with Crippen molar-refractivity contribution < 1.29 is 47.5 Å². The maximum atomic E-state index is 12.6. The second-order valence-electron chi connectivity index (χ2n) is 14.1. The van der Waals surface area contributed by atoms with Crippen LogP contribution in [-0.2, 0) is 37.5 Å². The van der Waals surface area contributed by atoms with Crippen LogP contribution < -0.4 is 5.73 Å². The van der Waals surface area contributed by atoms with Crippen LogP contribution in [0.15, 0.2) is 24.3 Å². The number of carboxylic acid groups (broad SMARTS) is 1. The van der Waals surface area contributed by atoms with E-state index in [1.165, 1.54) is 103 Å². The Bertz CT molecular complexity index is 1010. The van der Waals surface area contributed by atoms with Crippen LogP contribution in [0.5, 0.6) is 0 Å². The molecule has 0 aromatic heterocycles. The van der Waals surface area contributed by atoms with Crippen LogP contribution >= 0.6 is 7.82 Å². The van der Waals surface area contributed by atoms with E-state index in [1.54, 1.807) is 0 Å². The largest absolute Gasteiger partial charge is 0.480 e. The van der Waals surface area contributed by atoms with Crippen molar-refractivity contribution in [3.63, 3.8) is 0 Å². The van der Waals surface area contributed by atoms with E-state index in [4.69, 9.17) is 24.8 Å². The van der Waals surface area contributed by atoms with E-state index in [0.717, 1.165) is 44.9 Å². The summed E-state index contributed by atoms with van der Waals surface area (Å²) in [5, 5.41) is 8.87. The maximum Gasteiger partial charge on any atom is 0.472 e. The Labute approximate surface area is 321 Å². The van der Waals surface area contributed by atoms with Crippen LogP contribution in [0.2, 0.25) is 0 Å². The number of ether oxygens (including phenoxy) is 2. The van der Waals surface area contributed by atoms with Crippen LogP contribution in [0.1, 0.15) is 187 Å². The van der Waals surface area contributed by atoms with Gasteiger partial charge in [-0.2, -0.15) is 0 Å². The average Bonchev–Trinajstić information content (AvgIpc) is 3.13. The summed E-state index contributed by atoms with van der Waals surface area (Å²) in [6, 6.07) is -1.52. The lowest BCUT2D eigenvalue weighted by atomic mass is 10.0. The molecule has 0 fully saturated rings.